The Morgan fingerprint density at radius 1 is 1.24 bits per heavy atom. The minimum Gasteiger partial charge on any atom is -0.278 e. The Balaban J connectivity index is 2.44. The second kappa shape index (κ2) is 5.20. The lowest BCUT2D eigenvalue weighted by Crippen LogP contribution is -2.06. The van der Waals surface area contributed by atoms with Gasteiger partial charge in [0, 0.05) is 7.05 Å². The van der Waals surface area contributed by atoms with Gasteiger partial charge in [0.05, 0.1) is 26.8 Å². The summed E-state index contributed by atoms with van der Waals surface area (Å²) in [5.74, 6) is 0.715. The normalized spacial score (nSPS) is 13.0. The molecule has 1 unspecified atom stereocenters. The highest BCUT2D eigenvalue weighted by molar-refractivity contribution is 6.43. The molecule has 0 fully saturated rings. The first kappa shape index (κ1) is 14.7. The molecular formula is C14H13Cl3N4. The molecule has 0 aliphatic carbocycles. The van der Waals surface area contributed by atoms with Crippen molar-refractivity contribution in [2.75, 3.05) is 0 Å². The summed E-state index contributed by atoms with van der Waals surface area (Å²) in [4.78, 5) is 4.63. The van der Waals surface area contributed by atoms with Crippen molar-refractivity contribution in [3.8, 4) is 5.69 Å². The van der Waals surface area contributed by atoms with Crippen LogP contribution in [0.1, 0.15) is 23.8 Å². The molecule has 0 saturated heterocycles. The number of hydrogen-bond donors (Lipinski definition) is 0. The number of aryl methyl sites for hydroxylation is 2. The van der Waals surface area contributed by atoms with Crippen LogP contribution in [-0.2, 0) is 7.05 Å². The molecule has 21 heavy (non-hydrogen) atoms. The Labute approximate surface area is 137 Å². The summed E-state index contributed by atoms with van der Waals surface area (Å²) in [6, 6.07) is 5.49. The topological polar surface area (TPSA) is 35.6 Å². The van der Waals surface area contributed by atoms with Crippen LogP contribution in [0.15, 0.2) is 18.2 Å². The molecule has 0 spiro atoms. The summed E-state index contributed by atoms with van der Waals surface area (Å²) in [6.07, 6.45) is 0. The average Bonchev–Trinajstić information content (AvgIpc) is 2.93. The zero-order chi connectivity index (χ0) is 15.3. The van der Waals surface area contributed by atoms with Crippen molar-refractivity contribution in [1.29, 1.82) is 0 Å². The molecule has 3 rings (SSSR count). The van der Waals surface area contributed by atoms with E-state index >= 15 is 0 Å². The largest absolute Gasteiger partial charge is 0.278 e. The first-order chi connectivity index (χ1) is 9.91. The number of aromatic nitrogens is 4. The van der Waals surface area contributed by atoms with E-state index in [0.29, 0.717) is 15.9 Å². The van der Waals surface area contributed by atoms with Crippen molar-refractivity contribution < 1.29 is 0 Å². The fourth-order valence-electron chi connectivity index (χ4n) is 2.46. The molecule has 0 aliphatic heterocycles. The van der Waals surface area contributed by atoms with Gasteiger partial charge in [-0.3, -0.25) is 4.57 Å². The van der Waals surface area contributed by atoms with Gasteiger partial charge in [0.15, 0.2) is 5.65 Å². The quantitative estimate of drug-likeness (QED) is 0.634. The summed E-state index contributed by atoms with van der Waals surface area (Å²) in [5.41, 5.74) is 3.26. The summed E-state index contributed by atoms with van der Waals surface area (Å²) >= 11 is 18.8. The summed E-state index contributed by atoms with van der Waals surface area (Å²) < 4.78 is 3.69. The third-order valence-corrected chi connectivity index (χ3v) is 4.36. The number of hydrogen-bond acceptors (Lipinski definition) is 2. The standard InChI is InChI=1S/C14H13Cl3N4/c1-7(15)13-18-12-8(2)19-20(3)14(12)21(13)10-6-4-5-9(16)11(10)17/h4-7H,1-3H3. The average molecular weight is 344 g/mol. The third kappa shape index (κ3) is 2.22. The van der Waals surface area contributed by atoms with Gasteiger partial charge in [0.1, 0.15) is 11.3 Å². The number of rotatable bonds is 2. The van der Waals surface area contributed by atoms with E-state index in [0.717, 1.165) is 22.5 Å². The van der Waals surface area contributed by atoms with Crippen LogP contribution in [0.25, 0.3) is 16.9 Å². The van der Waals surface area contributed by atoms with Crippen molar-refractivity contribution in [1.82, 2.24) is 19.3 Å². The van der Waals surface area contributed by atoms with E-state index in [1.807, 2.05) is 37.6 Å². The highest BCUT2D eigenvalue weighted by atomic mass is 35.5. The van der Waals surface area contributed by atoms with Crippen molar-refractivity contribution in [2.24, 2.45) is 7.05 Å². The number of nitrogens with zero attached hydrogens (tertiary/aromatic N) is 4. The molecule has 2 aromatic heterocycles. The van der Waals surface area contributed by atoms with Gasteiger partial charge >= 0.3 is 0 Å². The highest BCUT2D eigenvalue weighted by Gasteiger charge is 2.23. The highest BCUT2D eigenvalue weighted by Crippen LogP contribution is 2.35. The predicted octanol–water partition coefficient (Wildman–Crippen LogP) is 4.67. The molecule has 2 heterocycles. The zero-order valence-electron chi connectivity index (χ0n) is 11.7. The van der Waals surface area contributed by atoms with Crippen LogP contribution in [0, 0.1) is 6.92 Å². The van der Waals surface area contributed by atoms with Crippen molar-refractivity contribution in [3.05, 3.63) is 39.8 Å². The maximum absolute atomic E-state index is 6.37. The van der Waals surface area contributed by atoms with Gasteiger partial charge in [-0.25, -0.2) is 9.67 Å². The maximum Gasteiger partial charge on any atom is 0.163 e. The first-order valence-electron chi connectivity index (χ1n) is 6.42. The summed E-state index contributed by atoms with van der Waals surface area (Å²) in [6.45, 7) is 3.79. The van der Waals surface area contributed by atoms with Gasteiger partial charge in [0.25, 0.3) is 0 Å². The van der Waals surface area contributed by atoms with E-state index in [-0.39, 0.29) is 5.38 Å². The van der Waals surface area contributed by atoms with Crippen LogP contribution in [0.4, 0.5) is 0 Å². The smallest absolute Gasteiger partial charge is 0.163 e. The van der Waals surface area contributed by atoms with Crippen LogP contribution in [0.5, 0.6) is 0 Å². The molecule has 110 valence electrons. The number of benzene rings is 1. The Morgan fingerprint density at radius 2 is 1.95 bits per heavy atom. The molecule has 1 atom stereocenters. The number of fused-ring (bicyclic) bond motifs is 1. The molecule has 0 radical (unpaired) electrons. The first-order valence-corrected chi connectivity index (χ1v) is 7.61. The van der Waals surface area contributed by atoms with E-state index in [9.17, 15) is 0 Å². The van der Waals surface area contributed by atoms with Crippen LogP contribution in [0.3, 0.4) is 0 Å². The molecule has 0 aliphatic rings. The molecule has 0 N–H and O–H groups in total. The molecule has 7 heteroatoms. The van der Waals surface area contributed by atoms with Crippen molar-refractivity contribution in [3.63, 3.8) is 0 Å². The lowest BCUT2D eigenvalue weighted by atomic mass is 10.3. The molecule has 0 bridgehead atoms. The number of alkyl halides is 1. The minimum absolute atomic E-state index is 0.271. The van der Waals surface area contributed by atoms with Crippen LogP contribution in [-0.4, -0.2) is 19.3 Å². The molecule has 0 amide bonds. The van der Waals surface area contributed by atoms with Crippen molar-refractivity contribution >= 4 is 46.0 Å². The molecular weight excluding hydrogens is 331 g/mol. The van der Waals surface area contributed by atoms with Crippen LogP contribution < -0.4 is 0 Å². The van der Waals surface area contributed by atoms with E-state index < -0.39 is 0 Å². The summed E-state index contributed by atoms with van der Waals surface area (Å²) in [7, 11) is 1.87. The van der Waals surface area contributed by atoms with Gasteiger partial charge in [-0.2, -0.15) is 5.10 Å². The fraction of sp³-hybridized carbons (Fsp3) is 0.286. The van der Waals surface area contributed by atoms with Crippen molar-refractivity contribution in [2.45, 2.75) is 19.2 Å². The third-order valence-electron chi connectivity index (χ3n) is 3.36. The van der Waals surface area contributed by atoms with Gasteiger partial charge < -0.3 is 0 Å². The Hall–Kier alpha value is -1.23. The SMILES string of the molecule is Cc1nn(C)c2c1nc(C(C)Cl)n2-c1cccc(Cl)c1Cl. The molecule has 0 saturated carbocycles. The molecule has 1 aromatic carbocycles. The zero-order valence-corrected chi connectivity index (χ0v) is 14.0. The van der Waals surface area contributed by atoms with E-state index in [4.69, 9.17) is 34.8 Å². The summed E-state index contributed by atoms with van der Waals surface area (Å²) in [5, 5.41) is 5.09. The monoisotopic (exact) mass is 342 g/mol. The molecule has 4 nitrogen and oxygen atoms in total. The molecule has 3 aromatic rings. The van der Waals surface area contributed by atoms with Crippen LogP contribution >= 0.6 is 34.8 Å². The lowest BCUT2D eigenvalue weighted by Gasteiger charge is -2.13. The van der Waals surface area contributed by atoms with Gasteiger partial charge in [-0.15, -0.1) is 11.6 Å². The van der Waals surface area contributed by atoms with E-state index in [1.165, 1.54) is 0 Å². The minimum atomic E-state index is -0.271. The number of halogens is 3. The fourth-order valence-corrected chi connectivity index (χ4v) is 2.99. The number of imidazole rings is 1. The maximum atomic E-state index is 6.37. The predicted molar refractivity (Wildman–Crippen MR) is 86.9 cm³/mol. The second-order valence-corrected chi connectivity index (χ2v) is 6.32. The van der Waals surface area contributed by atoms with E-state index in [1.54, 1.807) is 10.7 Å². The second-order valence-electron chi connectivity index (χ2n) is 4.88. The Morgan fingerprint density at radius 3 is 2.62 bits per heavy atom. The van der Waals surface area contributed by atoms with Crippen LogP contribution in [0.2, 0.25) is 10.0 Å². The Bertz CT molecular complexity index is 832. The Kier molecular flexibility index (Phi) is 3.64. The van der Waals surface area contributed by atoms with Gasteiger partial charge in [-0.1, -0.05) is 29.3 Å². The van der Waals surface area contributed by atoms with E-state index in [2.05, 4.69) is 10.1 Å². The lowest BCUT2D eigenvalue weighted by molar-refractivity contribution is 0.748. The van der Waals surface area contributed by atoms with Gasteiger partial charge in [-0.05, 0) is 26.0 Å². The van der Waals surface area contributed by atoms with Gasteiger partial charge in [0.2, 0.25) is 0 Å².